The summed E-state index contributed by atoms with van der Waals surface area (Å²) in [6.45, 7) is 0.538. The molecule has 0 radical (unpaired) electrons. The molecule has 1 amide bonds. The van der Waals surface area contributed by atoms with E-state index in [4.69, 9.17) is 0 Å². The van der Waals surface area contributed by atoms with E-state index in [0.29, 0.717) is 30.6 Å². The van der Waals surface area contributed by atoms with Crippen molar-refractivity contribution >= 4 is 15.9 Å². The van der Waals surface area contributed by atoms with Gasteiger partial charge in [0.05, 0.1) is 18.0 Å². The van der Waals surface area contributed by atoms with Crippen molar-refractivity contribution in [3.8, 4) is 11.3 Å². The number of aromatic nitrogens is 1. The molecule has 6 nitrogen and oxygen atoms in total. The van der Waals surface area contributed by atoms with Crippen LogP contribution < -0.4 is 4.72 Å². The number of benzene rings is 1. The molecule has 1 aliphatic carbocycles. The molecule has 1 N–H and O–H groups in total. The largest absolute Gasteiger partial charge is 0.337 e. The minimum atomic E-state index is -3.41. The van der Waals surface area contributed by atoms with Gasteiger partial charge in [0.1, 0.15) is 5.82 Å². The van der Waals surface area contributed by atoms with E-state index in [1.54, 1.807) is 12.1 Å². The van der Waals surface area contributed by atoms with Crippen molar-refractivity contribution in [1.82, 2.24) is 14.6 Å². The molecule has 1 aliphatic heterocycles. The topological polar surface area (TPSA) is 79.4 Å². The number of hydrogen-bond acceptors (Lipinski definition) is 4. The third kappa shape index (κ3) is 5.30. The number of halogens is 1. The van der Waals surface area contributed by atoms with E-state index in [2.05, 4.69) is 9.71 Å². The van der Waals surface area contributed by atoms with E-state index >= 15 is 0 Å². The van der Waals surface area contributed by atoms with Crippen LogP contribution >= 0.6 is 0 Å². The van der Waals surface area contributed by atoms with Gasteiger partial charge in [0.2, 0.25) is 15.9 Å². The number of amides is 1. The van der Waals surface area contributed by atoms with Crippen LogP contribution in [0.1, 0.15) is 37.8 Å². The fraction of sp³-hybridized carbons (Fsp3) is 0.478. The van der Waals surface area contributed by atoms with Crippen LogP contribution in [-0.4, -0.2) is 49.1 Å². The first-order valence-corrected chi connectivity index (χ1v) is 12.7. The Hall–Kier alpha value is -2.32. The van der Waals surface area contributed by atoms with Gasteiger partial charge in [-0.2, -0.15) is 0 Å². The summed E-state index contributed by atoms with van der Waals surface area (Å²) in [6, 6.07) is 11.2. The molecule has 2 fully saturated rings. The summed E-state index contributed by atoms with van der Waals surface area (Å²) >= 11 is 0. The Bertz CT molecular complexity index is 1050. The maximum absolute atomic E-state index is 13.6. The summed E-state index contributed by atoms with van der Waals surface area (Å²) in [5, 5.41) is 0. The predicted octanol–water partition coefficient (Wildman–Crippen LogP) is 3.14. The highest BCUT2D eigenvalue weighted by Crippen LogP contribution is 2.31. The lowest BCUT2D eigenvalue weighted by Gasteiger charge is -2.30. The van der Waals surface area contributed by atoms with Crippen LogP contribution in [-0.2, 0) is 21.2 Å². The molecule has 1 saturated carbocycles. The summed E-state index contributed by atoms with van der Waals surface area (Å²) in [4.78, 5) is 19.7. The smallest absolute Gasteiger partial charge is 0.225 e. The molecule has 31 heavy (non-hydrogen) atoms. The molecule has 1 aromatic heterocycles. The third-order valence-electron chi connectivity index (χ3n) is 6.24. The highest BCUT2D eigenvalue weighted by Gasteiger charge is 2.41. The number of carbonyl (C=O) groups excluding carboxylic acids is 1. The van der Waals surface area contributed by atoms with Gasteiger partial charge in [-0.1, -0.05) is 31.0 Å². The SMILES string of the molecule is CS(=O)(=O)NC1CCN(C(=O)C2CCCC2)C1Cc1cccc(-c2cccc(F)c2)n1. The Morgan fingerprint density at radius 1 is 1.16 bits per heavy atom. The highest BCUT2D eigenvalue weighted by atomic mass is 32.2. The summed E-state index contributed by atoms with van der Waals surface area (Å²) < 4.78 is 40.2. The lowest BCUT2D eigenvalue weighted by Crippen LogP contribution is -2.49. The van der Waals surface area contributed by atoms with Crippen LogP contribution in [0.3, 0.4) is 0 Å². The van der Waals surface area contributed by atoms with Gasteiger partial charge in [0.25, 0.3) is 0 Å². The van der Waals surface area contributed by atoms with Gasteiger partial charge >= 0.3 is 0 Å². The van der Waals surface area contributed by atoms with E-state index < -0.39 is 10.0 Å². The van der Waals surface area contributed by atoms with Gasteiger partial charge in [0.15, 0.2) is 0 Å². The fourth-order valence-corrected chi connectivity index (χ4v) is 5.64. The van der Waals surface area contributed by atoms with Crippen LogP contribution in [0.4, 0.5) is 4.39 Å². The van der Waals surface area contributed by atoms with Gasteiger partial charge in [-0.15, -0.1) is 0 Å². The molecular formula is C23H28FN3O3S. The summed E-state index contributed by atoms with van der Waals surface area (Å²) in [7, 11) is -3.41. The van der Waals surface area contributed by atoms with Gasteiger partial charge < -0.3 is 4.90 Å². The second kappa shape index (κ2) is 9.04. The lowest BCUT2D eigenvalue weighted by molar-refractivity contribution is -0.136. The van der Waals surface area contributed by atoms with E-state index in [9.17, 15) is 17.6 Å². The van der Waals surface area contributed by atoms with Gasteiger partial charge in [-0.05, 0) is 43.5 Å². The van der Waals surface area contributed by atoms with Gasteiger partial charge in [-0.25, -0.2) is 17.5 Å². The Balaban J connectivity index is 1.60. The predicted molar refractivity (Wildman–Crippen MR) is 117 cm³/mol. The highest BCUT2D eigenvalue weighted by molar-refractivity contribution is 7.88. The molecule has 2 aromatic rings. The van der Waals surface area contributed by atoms with Crippen LogP contribution in [0.5, 0.6) is 0 Å². The average Bonchev–Trinajstić information content (AvgIpc) is 3.38. The van der Waals surface area contributed by atoms with Crippen molar-refractivity contribution < 1.29 is 17.6 Å². The van der Waals surface area contributed by atoms with E-state index in [1.165, 1.54) is 12.1 Å². The fourth-order valence-electron chi connectivity index (χ4n) is 4.82. The maximum Gasteiger partial charge on any atom is 0.225 e. The van der Waals surface area contributed by atoms with Crippen molar-refractivity contribution in [3.05, 3.63) is 54.0 Å². The molecule has 1 aromatic carbocycles. The van der Waals surface area contributed by atoms with Crippen molar-refractivity contribution in [2.45, 2.75) is 50.6 Å². The monoisotopic (exact) mass is 445 g/mol. The molecule has 0 bridgehead atoms. The van der Waals surface area contributed by atoms with Crippen molar-refractivity contribution in [2.75, 3.05) is 12.8 Å². The first-order chi connectivity index (χ1) is 14.8. The van der Waals surface area contributed by atoms with Crippen LogP contribution in [0.15, 0.2) is 42.5 Å². The number of nitrogens with zero attached hydrogens (tertiary/aromatic N) is 2. The zero-order valence-electron chi connectivity index (χ0n) is 17.6. The van der Waals surface area contributed by atoms with Crippen molar-refractivity contribution in [3.63, 3.8) is 0 Å². The van der Waals surface area contributed by atoms with E-state index in [0.717, 1.165) is 37.6 Å². The molecule has 4 rings (SSSR count). The van der Waals surface area contributed by atoms with Crippen molar-refractivity contribution in [2.24, 2.45) is 5.92 Å². The first-order valence-electron chi connectivity index (χ1n) is 10.8. The number of sulfonamides is 1. The molecule has 0 spiro atoms. The van der Waals surface area contributed by atoms with E-state index in [1.807, 2.05) is 23.1 Å². The number of nitrogens with one attached hydrogen (secondary N) is 1. The van der Waals surface area contributed by atoms with Gasteiger partial charge in [-0.3, -0.25) is 9.78 Å². The maximum atomic E-state index is 13.6. The summed E-state index contributed by atoms with van der Waals surface area (Å²) in [5.41, 5.74) is 2.08. The summed E-state index contributed by atoms with van der Waals surface area (Å²) in [5.74, 6) is -0.168. The van der Waals surface area contributed by atoms with Crippen molar-refractivity contribution in [1.29, 1.82) is 0 Å². The minimum Gasteiger partial charge on any atom is -0.337 e. The van der Waals surface area contributed by atoms with Crippen LogP contribution in [0, 0.1) is 11.7 Å². The molecular weight excluding hydrogens is 417 g/mol. The minimum absolute atomic E-state index is 0.0334. The standard InChI is InChI=1S/C23H28FN3O3S/c1-31(29,30)26-21-12-13-27(23(28)16-6-2-3-7-16)22(21)15-19-10-5-11-20(25-19)17-8-4-9-18(24)14-17/h4-5,8-11,14,16,21-22,26H,2-3,6-7,12-13,15H2,1H3. The molecule has 1 saturated heterocycles. The average molecular weight is 446 g/mol. The Morgan fingerprint density at radius 2 is 1.90 bits per heavy atom. The lowest BCUT2D eigenvalue weighted by atomic mass is 10.0. The first kappa shape index (κ1) is 21.9. The number of rotatable bonds is 6. The molecule has 8 heteroatoms. The third-order valence-corrected chi connectivity index (χ3v) is 6.98. The molecule has 2 atom stereocenters. The normalized spacial score (nSPS) is 22.2. The number of pyridine rings is 1. The molecule has 2 heterocycles. The van der Waals surface area contributed by atoms with E-state index in [-0.39, 0.29) is 29.7 Å². The molecule has 2 aliphatic rings. The Morgan fingerprint density at radius 3 is 2.61 bits per heavy atom. The Kier molecular flexibility index (Phi) is 6.39. The molecule has 2 unspecified atom stereocenters. The quantitative estimate of drug-likeness (QED) is 0.741. The number of likely N-dealkylation sites (tertiary alicyclic amines) is 1. The van der Waals surface area contributed by atoms with Gasteiger partial charge in [0, 0.05) is 36.2 Å². The number of carbonyl (C=O) groups is 1. The molecule has 166 valence electrons. The second-order valence-corrected chi connectivity index (χ2v) is 10.4. The zero-order chi connectivity index (χ0) is 22.0. The van der Waals surface area contributed by atoms with Crippen LogP contribution in [0.2, 0.25) is 0 Å². The zero-order valence-corrected chi connectivity index (χ0v) is 18.4. The van der Waals surface area contributed by atoms with Crippen LogP contribution in [0.25, 0.3) is 11.3 Å². The second-order valence-electron chi connectivity index (χ2n) is 8.59. The Labute approximate surface area is 182 Å². The summed E-state index contributed by atoms with van der Waals surface area (Å²) in [6.07, 6.45) is 6.11. The number of hydrogen-bond donors (Lipinski definition) is 1.